The van der Waals surface area contributed by atoms with Gasteiger partial charge in [0.25, 0.3) is 0 Å². The van der Waals surface area contributed by atoms with Crippen LogP contribution in [0, 0.1) is 0 Å². The maximum atomic E-state index is 13.0. The number of hydrogen-bond acceptors (Lipinski definition) is 5. The molecular weight excluding hydrogens is 348 g/mol. The number of likely N-dealkylation sites (tertiary alicyclic amines) is 1. The third-order valence-electron chi connectivity index (χ3n) is 5.46. The van der Waals surface area contributed by atoms with Crippen molar-refractivity contribution in [1.82, 2.24) is 9.88 Å². The van der Waals surface area contributed by atoms with Crippen LogP contribution in [-0.4, -0.2) is 36.6 Å². The van der Waals surface area contributed by atoms with Gasteiger partial charge in [-0.2, -0.15) is 0 Å². The number of furan rings is 1. The lowest BCUT2D eigenvalue weighted by atomic mass is 9.95. The SMILES string of the molecule is O=S1(=O)c2ccc(-c3ccncc3)cc2[C@H]2CN(Cc3ccoc3)C[C@@H]21. The third-order valence-corrected chi connectivity index (χ3v) is 7.72. The zero-order chi connectivity index (χ0) is 17.7. The molecule has 1 aromatic carbocycles. The molecule has 5 nitrogen and oxygen atoms in total. The minimum absolute atomic E-state index is 0.0312. The Bertz CT molecular complexity index is 1050. The third kappa shape index (κ3) is 2.40. The lowest BCUT2D eigenvalue weighted by molar-refractivity contribution is 0.324. The smallest absolute Gasteiger partial charge is 0.183 e. The number of benzene rings is 1. The fraction of sp³-hybridized carbons (Fsp3) is 0.250. The van der Waals surface area contributed by atoms with E-state index in [1.807, 2.05) is 30.3 Å². The van der Waals surface area contributed by atoms with Crippen LogP contribution >= 0.6 is 0 Å². The summed E-state index contributed by atoms with van der Waals surface area (Å²) in [6.07, 6.45) is 6.88. The van der Waals surface area contributed by atoms with Crippen LogP contribution in [-0.2, 0) is 16.4 Å². The first kappa shape index (κ1) is 15.8. The number of aromatic nitrogens is 1. The van der Waals surface area contributed by atoms with Crippen molar-refractivity contribution in [1.29, 1.82) is 0 Å². The summed E-state index contributed by atoms with van der Waals surface area (Å²) in [4.78, 5) is 6.77. The molecule has 2 aliphatic rings. The minimum Gasteiger partial charge on any atom is -0.472 e. The van der Waals surface area contributed by atoms with Gasteiger partial charge in [-0.1, -0.05) is 6.07 Å². The first-order valence-corrected chi connectivity index (χ1v) is 10.2. The number of sulfone groups is 1. The van der Waals surface area contributed by atoms with Crippen molar-refractivity contribution < 1.29 is 12.8 Å². The van der Waals surface area contributed by atoms with Crippen molar-refractivity contribution >= 4 is 9.84 Å². The molecule has 0 bridgehead atoms. The van der Waals surface area contributed by atoms with Gasteiger partial charge in [-0.3, -0.25) is 9.88 Å². The Hall–Kier alpha value is -2.44. The van der Waals surface area contributed by atoms with E-state index in [0.29, 0.717) is 11.4 Å². The van der Waals surface area contributed by atoms with Crippen LogP contribution in [0.5, 0.6) is 0 Å². The van der Waals surface area contributed by atoms with E-state index in [2.05, 4.69) is 9.88 Å². The Morgan fingerprint density at radius 1 is 1.08 bits per heavy atom. The Morgan fingerprint density at radius 3 is 2.69 bits per heavy atom. The van der Waals surface area contributed by atoms with Gasteiger partial charge in [0.05, 0.1) is 22.7 Å². The summed E-state index contributed by atoms with van der Waals surface area (Å²) in [7, 11) is -3.27. The van der Waals surface area contributed by atoms with E-state index in [9.17, 15) is 8.42 Å². The van der Waals surface area contributed by atoms with Crippen molar-refractivity contribution in [2.24, 2.45) is 0 Å². The first-order chi connectivity index (χ1) is 12.6. The molecule has 2 aromatic heterocycles. The summed E-state index contributed by atoms with van der Waals surface area (Å²) in [6.45, 7) is 2.04. The number of pyridine rings is 1. The molecule has 0 radical (unpaired) electrons. The van der Waals surface area contributed by atoms with Gasteiger partial charge in [0.1, 0.15) is 0 Å². The van der Waals surface area contributed by atoms with E-state index in [1.54, 1.807) is 31.0 Å². The summed E-state index contributed by atoms with van der Waals surface area (Å²) in [5.41, 5.74) is 4.12. The summed E-state index contributed by atoms with van der Waals surface area (Å²) in [5, 5.41) is -0.350. The van der Waals surface area contributed by atoms with Crippen LogP contribution in [0.3, 0.4) is 0 Å². The molecule has 2 atom stereocenters. The zero-order valence-electron chi connectivity index (χ0n) is 14.1. The second-order valence-electron chi connectivity index (χ2n) is 7.00. The number of nitrogens with zero attached hydrogens (tertiary/aromatic N) is 2. The van der Waals surface area contributed by atoms with Crippen molar-refractivity contribution in [3.05, 3.63) is 72.4 Å². The molecule has 2 aliphatic heterocycles. The average Bonchev–Trinajstić information content (AvgIpc) is 3.36. The summed E-state index contributed by atoms with van der Waals surface area (Å²) in [6, 6.07) is 11.5. The normalized spacial score (nSPS) is 23.7. The molecule has 26 heavy (non-hydrogen) atoms. The Labute approximate surface area is 152 Å². The van der Waals surface area contributed by atoms with Crippen LogP contribution in [0.25, 0.3) is 11.1 Å². The average molecular weight is 366 g/mol. The topological polar surface area (TPSA) is 63.4 Å². The molecular formula is C20H18N2O3S. The first-order valence-electron chi connectivity index (χ1n) is 8.64. The number of fused-ring (bicyclic) bond motifs is 3. The molecule has 0 aliphatic carbocycles. The Balaban J connectivity index is 1.51. The highest BCUT2D eigenvalue weighted by atomic mass is 32.2. The zero-order valence-corrected chi connectivity index (χ0v) is 14.9. The van der Waals surface area contributed by atoms with Crippen molar-refractivity contribution in [2.45, 2.75) is 22.6 Å². The van der Waals surface area contributed by atoms with E-state index in [4.69, 9.17) is 4.42 Å². The summed E-state index contributed by atoms with van der Waals surface area (Å²) >= 11 is 0. The predicted octanol–water partition coefficient (Wildman–Crippen LogP) is 3.10. The van der Waals surface area contributed by atoms with Crippen molar-refractivity contribution in [2.75, 3.05) is 13.1 Å². The van der Waals surface area contributed by atoms with E-state index < -0.39 is 9.84 Å². The summed E-state index contributed by atoms with van der Waals surface area (Å²) < 4.78 is 31.1. The number of hydrogen-bond donors (Lipinski definition) is 0. The molecule has 6 heteroatoms. The van der Waals surface area contributed by atoms with Crippen molar-refractivity contribution in [3.8, 4) is 11.1 Å². The molecule has 1 saturated heterocycles. The van der Waals surface area contributed by atoms with Crippen LogP contribution in [0.15, 0.2) is 70.6 Å². The number of rotatable bonds is 3. The van der Waals surface area contributed by atoms with E-state index in [-0.39, 0.29) is 11.2 Å². The van der Waals surface area contributed by atoms with E-state index in [0.717, 1.165) is 35.3 Å². The molecule has 3 aromatic rings. The van der Waals surface area contributed by atoms with Gasteiger partial charge in [0.15, 0.2) is 9.84 Å². The van der Waals surface area contributed by atoms with Gasteiger partial charge in [-0.05, 0) is 47.0 Å². The van der Waals surface area contributed by atoms with E-state index >= 15 is 0 Å². The lowest BCUT2D eigenvalue weighted by Gasteiger charge is -2.16. The minimum atomic E-state index is -3.27. The van der Waals surface area contributed by atoms with E-state index in [1.165, 1.54) is 0 Å². The van der Waals surface area contributed by atoms with Gasteiger partial charge >= 0.3 is 0 Å². The molecule has 0 unspecified atom stereocenters. The monoisotopic (exact) mass is 366 g/mol. The molecule has 0 N–H and O–H groups in total. The molecule has 0 saturated carbocycles. The molecule has 4 heterocycles. The quantitative estimate of drug-likeness (QED) is 0.713. The van der Waals surface area contributed by atoms with Crippen LogP contribution in [0.1, 0.15) is 17.0 Å². The fourth-order valence-electron chi connectivity index (χ4n) is 4.22. The molecule has 5 rings (SSSR count). The van der Waals surface area contributed by atoms with Gasteiger partial charge in [-0.25, -0.2) is 8.42 Å². The molecule has 0 amide bonds. The molecule has 1 fully saturated rings. The van der Waals surface area contributed by atoms with Gasteiger partial charge in [0.2, 0.25) is 0 Å². The van der Waals surface area contributed by atoms with Crippen LogP contribution in [0.2, 0.25) is 0 Å². The van der Waals surface area contributed by atoms with Gasteiger partial charge < -0.3 is 4.42 Å². The largest absolute Gasteiger partial charge is 0.472 e. The fourth-order valence-corrected chi connectivity index (χ4v) is 6.41. The maximum absolute atomic E-state index is 13.0. The Kier molecular flexibility index (Phi) is 3.52. The standard InChI is InChI=1S/C20H18N2O3S/c23-26(24)19-2-1-16(15-3-6-21-7-4-15)9-17(19)18-11-22(12-20(18)26)10-14-5-8-25-13-14/h1-9,13,18,20H,10-12H2/t18-,20+/m1/s1. The van der Waals surface area contributed by atoms with Crippen molar-refractivity contribution in [3.63, 3.8) is 0 Å². The predicted molar refractivity (Wildman–Crippen MR) is 97.4 cm³/mol. The maximum Gasteiger partial charge on any atom is 0.183 e. The van der Waals surface area contributed by atoms with Gasteiger partial charge in [0, 0.05) is 43.5 Å². The summed E-state index contributed by atoms with van der Waals surface area (Å²) in [5.74, 6) is 0.0312. The second-order valence-corrected chi connectivity index (χ2v) is 9.14. The Morgan fingerprint density at radius 2 is 1.92 bits per heavy atom. The lowest BCUT2D eigenvalue weighted by Crippen LogP contribution is -2.25. The highest BCUT2D eigenvalue weighted by Gasteiger charge is 2.50. The molecule has 132 valence electrons. The van der Waals surface area contributed by atoms with Gasteiger partial charge in [-0.15, -0.1) is 0 Å². The van der Waals surface area contributed by atoms with Crippen LogP contribution in [0.4, 0.5) is 0 Å². The highest BCUT2D eigenvalue weighted by molar-refractivity contribution is 7.92. The van der Waals surface area contributed by atoms with Crippen LogP contribution < -0.4 is 0 Å². The second kappa shape index (κ2) is 5.79. The highest BCUT2D eigenvalue weighted by Crippen LogP contribution is 2.46. The molecule has 0 spiro atoms.